The van der Waals surface area contributed by atoms with Crippen LogP contribution in [0.25, 0.3) is 0 Å². The number of nitrogens with two attached hydrogens (primary N) is 2. The second kappa shape index (κ2) is 21.8. The Balaban J connectivity index is 0.000000802. The van der Waals surface area contributed by atoms with E-state index in [2.05, 4.69) is 54.1 Å². The van der Waals surface area contributed by atoms with Crippen LogP contribution >= 0.6 is 0 Å². The molecule has 0 spiro atoms. The first-order chi connectivity index (χ1) is 21.2. The fourth-order valence-corrected chi connectivity index (χ4v) is 4.92. The number of hydrogen-bond donors (Lipinski definition) is 7. The van der Waals surface area contributed by atoms with Gasteiger partial charge < -0.3 is 51.6 Å². The maximum atomic E-state index is 11.4. The number of carbonyl (C=O) groups is 3. The highest BCUT2D eigenvalue weighted by molar-refractivity contribution is 5.76. The van der Waals surface area contributed by atoms with Crippen molar-refractivity contribution >= 4 is 30.4 Å². The molecule has 0 saturated heterocycles. The van der Waals surface area contributed by atoms with E-state index in [4.69, 9.17) is 35.6 Å². The van der Waals surface area contributed by atoms with E-state index in [1.54, 1.807) is 6.92 Å². The van der Waals surface area contributed by atoms with Crippen molar-refractivity contribution in [3.05, 3.63) is 23.7 Å². The van der Waals surface area contributed by atoms with Crippen LogP contribution in [0.5, 0.6) is 0 Å². The Morgan fingerprint density at radius 1 is 1.11 bits per heavy atom. The van der Waals surface area contributed by atoms with Crippen LogP contribution in [0.3, 0.4) is 0 Å². The number of ether oxygens (including phenoxy) is 3. The Morgan fingerprint density at radius 3 is 2.11 bits per heavy atom. The summed E-state index contributed by atoms with van der Waals surface area (Å²) in [5.41, 5.74) is 12.1. The van der Waals surface area contributed by atoms with Crippen LogP contribution in [-0.4, -0.2) is 101 Å². The van der Waals surface area contributed by atoms with Gasteiger partial charge in [-0.25, -0.2) is 4.99 Å². The van der Waals surface area contributed by atoms with Gasteiger partial charge in [-0.1, -0.05) is 39.3 Å². The summed E-state index contributed by atoms with van der Waals surface area (Å²) in [7, 11) is 0. The molecule has 256 valence electrons. The summed E-state index contributed by atoms with van der Waals surface area (Å²) >= 11 is 0. The summed E-state index contributed by atoms with van der Waals surface area (Å²) in [4.78, 5) is 53.4. The molecule has 16 nitrogen and oxygen atoms in total. The Hall–Kier alpha value is -3.82. The molecule has 1 heterocycles. The Kier molecular flexibility index (Phi) is 20.0. The van der Waals surface area contributed by atoms with Crippen LogP contribution in [0, 0.1) is 5.92 Å². The molecule has 0 unspecified atom stereocenters. The van der Waals surface area contributed by atoms with Gasteiger partial charge in [0.05, 0.1) is 30.9 Å². The predicted octanol–water partition coefficient (Wildman–Crippen LogP) is -0.882. The first kappa shape index (κ1) is 41.2. The molecule has 0 fully saturated rings. The molecule has 8 atom stereocenters. The first-order valence-electron chi connectivity index (χ1n) is 14.7. The van der Waals surface area contributed by atoms with Crippen molar-refractivity contribution in [1.29, 1.82) is 0 Å². The number of amides is 2. The summed E-state index contributed by atoms with van der Waals surface area (Å²) in [6.07, 6.45) is 3.71. The fourth-order valence-electron chi connectivity index (χ4n) is 4.92. The molecule has 0 radical (unpaired) electrons. The molecular formula is C29H49N5O11. The summed E-state index contributed by atoms with van der Waals surface area (Å²) in [5.74, 6) is -0.638. The third-order valence-electron chi connectivity index (χ3n) is 7.07. The molecule has 0 bridgehead atoms. The van der Waals surface area contributed by atoms with E-state index in [0.29, 0.717) is 5.92 Å². The highest BCUT2D eigenvalue weighted by Crippen LogP contribution is 2.29. The van der Waals surface area contributed by atoms with Crippen LogP contribution in [0.4, 0.5) is 0 Å². The third kappa shape index (κ3) is 14.7. The number of nitrogens with zero attached hydrogens (tertiary/aromatic N) is 1. The van der Waals surface area contributed by atoms with Gasteiger partial charge in [-0.15, -0.1) is 0 Å². The summed E-state index contributed by atoms with van der Waals surface area (Å²) < 4.78 is 16.1. The van der Waals surface area contributed by atoms with Gasteiger partial charge in [0.15, 0.2) is 12.1 Å². The normalized spacial score (nSPS) is 25.0. The van der Waals surface area contributed by atoms with Gasteiger partial charge in [0, 0.05) is 19.9 Å². The molecule has 0 aromatic heterocycles. The monoisotopic (exact) mass is 643 g/mol. The molecule has 1 aliphatic carbocycles. The zero-order valence-corrected chi connectivity index (χ0v) is 26.7. The molecule has 9 N–H and O–H groups in total. The number of rotatable bonds is 13. The van der Waals surface area contributed by atoms with Crippen molar-refractivity contribution in [2.24, 2.45) is 22.4 Å². The zero-order chi connectivity index (χ0) is 34.7. The Morgan fingerprint density at radius 2 is 1.67 bits per heavy atom. The van der Waals surface area contributed by atoms with Crippen molar-refractivity contribution in [2.45, 2.75) is 116 Å². The average molecular weight is 644 g/mol. The summed E-state index contributed by atoms with van der Waals surface area (Å²) in [6.45, 7) is 10.8. The minimum Gasteiger partial charge on any atom is -0.457 e. The maximum absolute atomic E-state index is 11.4. The molecule has 0 aromatic rings. The molecule has 16 heteroatoms. The van der Waals surface area contributed by atoms with Crippen LogP contribution in [0.2, 0.25) is 0 Å². The van der Waals surface area contributed by atoms with E-state index >= 15 is 0 Å². The van der Waals surface area contributed by atoms with Crippen LogP contribution in [0.1, 0.15) is 67.2 Å². The number of allylic oxidation sites excluding steroid dienone is 1. The van der Waals surface area contributed by atoms with E-state index in [9.17, 15) is 24.6 Å². The summed E-state index contributed by atoms with van der Waals surface area (Å²) in [5, 5.41) is 34.2. The van der Waals surface area contributed by atoms with Crippen molar-refractivity contribution in [3.8, 4) is 0 Å². The molecule has 2 rings (SSSR count). The van der Waals surface area contributed by atoms with Gasteiger partial charge in [-0.05, 0) is 31.6 Å². The molecule has 0 saturated carbocycles. The standard InChI is InChI=1S/C16H29NO2.C12H20N4O7.CO2/c1-6-13-9-11(4)16(17-12(5)18)15(10-13)19-14(7-2)8-3;1-5(19)15-9-6(16-12(13)14)2-8(22-4-18)23-11(9)10(21)7(20)3-17;2-1-3/h10-11,14-16H,6-9H2,1-5H3,(H,17,18);2,4,6-7,9-11,17,20-21H,3H2,1H3,(H,15,19)(H4,13,14,16);/t11-,15+,16+;6-,7+,9+,10+,11+;/m00./s1. The van der Waals surface area contributed by atoms with Crippen LogP contribution < -0.4 is 22.1 Å². The molecule has 45 heavy (non-hydrogen) atoms. The van der Waals surface area contributed by atoms with Gasteiger partial charge in [-0.3, -0.25) is 14.4 Å². The van der Waals surface area contributed by atoms with Gasteiger partial charge in [0.1, 0.15) is 18.2 Å². The number of aliphatic hydroxyl groups is 3. The number of nitrogens with one attached hydrogen (secondary N) is 2. The van der Waals surface area contributed by atoms with E-state index in [-0.39, 0.29) is 48.7 Å². The van der Waals surface area contributed by atoms with Crippen LogP contribution in [0.15, 0.2) is 28.7 Å². The maximum Gasteiger partial charge on any atom is 0.373 e. The molecular weight excluding hydrogens is 594 g/mol. The second-order valence-electron chi connectivity index (χ2n) is 10.5. The lowest BCUT2D eigenvalue weighted by Crippen LogP contribution is -2.59. The zero-order valence-electron chi connectivity index (χ0n) is 26.7. The average Bonchev–Trinajstić information content (AvgIpc) is 2.97. The molecule has 2 aliphatic rings. The van der Waals surface area contributed by atoms with Gasteiger partial charge in [0.25, 0.3) is 5.95 Å². The highest BCUT2D eigenvalue weighted by atomic mass is 16.7. The smallest absolute Gasteiger partial charge is 0.373 e. The Labute approximate surface area is 263 Å². The van der Waals surface area contributed by atoms with E-state index in [1.807, 2.05) is 0 Å². The van der Waals surface area contributed by atoms with E-state index < -0.39 is 42.9 Å². The predicted molar refractivity (Wildman–Crippen MR) is 160 cm³/mol. The number of carbonyl (C=O) groups excluding carboxylic acids is 5. The van der Waals surface area contributed by atoms with Crippen LogP contribution in [-0.2, 0) is 38.2 Å². The van der Waals surface area contributed by atoms with Crippen molar-refractivity contribution in [1.82, 2.24) is 10.6 Å². The van der Waals surface area contributed by atoms with E-state index in [0.717, 1.165) is 25.7 Å². The van der Waals surface area contributed by atoms with E-state index in [1.165, 1.54) is 18.6 Å². The number of hydrogen-bond acceptors (Lipinski definition) is 12. The minimum atomic E-state index is -1.62. The molecule has 0 aromatic carbocycles. The van der Waals surface area contributed by atoms with Gasteiger partial charge in [0.2, 0.25) is 11.8 Å². The highest BCUT2D eigenvalue weighted by Gasteiger charge is 2.43. The van der Waals surface area contributed by atoms with Gasteiger partial charge in [-0.2, -0.15) is 9.59 Å². The largest absolute Gasteiger partial charge is 0.457 e. The number of aliphatic hydroxyl groups excluding tert-OH is 3. The lowest BCUT2D eigenvalue weighted by Gasteiger charge is -2.38. The lowest BCUT2D eigenvalue weighted by molar-refractivity contribution is -0.191. The van der Waals surface area contributed by atoms with Crippen molar-refractivity contribution < 1.29 is 53.5 Å². The quantitative estimate of drug-likeness (QED) is 0.0557. The Bertz CT molecular complexity index is 1050. The topological polar surface area (TPSA) is 262 Å². The number of guanidine groups is 1. The first-order valence-corrected chi connectivity index (χ1v) is 14.7. The van der Waals surface area contributed by atoms with Crippen molar-refractivity contribution in [2.75, 3.05) is 6.61 Å². The number of aliphatic imine (C=N–C) groups is 1. The SMILES string of the molecule is CC(=O)N[C@H]1[C@H]([C@H](O)[C@H](O)CO)OC(OC=O)=C[C@@H]1N=C(N)N.CCC1=C[C@@H](OC(CC)CC)[C@H](NC(C)=O)[C@@H](C)C1.O=C=O. The van der Waals surface area contributed by atoms with Gasteiger partial charge >= 0.3 is 12.6 Å². The van der Waals surface area contributed by atoms with Crippen molar-refractivity contribution in [3.63, 3.8) is 0 Å². The lowest BCUT2D eigenvalue weighted by atomic mass is 9.83. The molecule has 2 amide bonds. The fraction of sp³-hybridized carbons (Fsp3) is 0.690. The minimum absolute atomic E-state index is 0.0208. The third-order valence-corrected chi connectivity index (χ3v) is 7.07. The summed E-state index contributed by atoms with van der Waals surface area (Å²) in [6, 6.07) is -1.81. The second-order valence-corrected chi connectivity index (χ2v) is 10.5. The molecule has 1 aliphatic heterocycles.